The fourth-order valence-electron chi connectivity index (χ4n) is 3.78. The first-order valence-corrected chi connectivity index (χ1v) is 10.2. The van der Waals surface area contributed by atoms with Crippen molar-refractivity contribution in [3.8, 4) is 5.69 Å². The first kappa shape index (κ1) is 20.4. The van der Waals surface area contributed by atoms with Gasteiger partial charge in [0, 0.05) is 12.6 Å². The Morgan fingerprint density at radius 1 is 1.21 bits per heavy atom. The van der Waals surface area contributed by atoms with Crippen LogP contribution in [-0.4, -0.2) is 45.8 Å². The molecule has 7 heteroatoms. The van der Waals surface area contributed by atoms with Gasteiger partial charge in [-0.2, -0.15) is 5.10 Å². The molecule has 1 heterocycles. The van der Waals surface area contributed by atoms with Crippen molar-refractivity contribution in [2.24, 2.45) is 0 Å². The number of aryl methyl sites for hydroxylation is 1. The molecule has 0 bridgehead atoms. The summed E-state index contributed by atoms with van der Waals surface area (Å²) in [6, 6.07) is 9.56. The lowest BCUT2D eigenvalue weighted by molar-refractivity contribution is -0.137. The minimum Gasteiger partial charge on any atom is -0.452 e. The molecule has 150 valence electrons. The van der Waals surface area contributed by atoms with Gasteiger partial charge in [0.1, 0.15) is 10.7 Å². The first-order chi connectivity index (χ1) is 13.5. The summed E-state index contributed by atoms with van der Waals surface area (Å²) in [5, 5.41) is 4.52. The minimum absolute atomic E-state index is 0.160. The molecule has 1 aromatic carbocycles. The fraction of sp³-hybridized carbons (Fsp3) is 0.476. The number of benzene rings is 1. The van der Waals surface area contributed by atoms with E-state index in [1.807, 2.05) is 42.2 Å². The van der Waals surface area contributed by atoms with Crippen LogP contribution < -0.4 is 0 Å². The summed E-state index contributed by atoms with van der Waals surface area (Å²) >= 11 is 6.39. The average molecular weight is 404 g/mol. The van der Waals surface area contributed by atoms with Crippen molar-refractivity contribution in [3.63, 3.8) is 0 Å². The van der Waals surface area contributed by atoms with Crippen LogP contribution in [-0.2, 0) is 9.53 Å². The maximum absolute atomic E-state index is 12.6. The number of hydrogen-bond acceptors (Lipinski definition) is 4. The van der Waals surface area contributed by atoms with Crippen LogP contribution in [0.3, 0.4) is 0 Å². The number of hydrogen-bond donors (Lipinski definition) is 0. The highest BCUT2D eigenvalue weighted by molar-refractivity contribution is 6.33. The quantitative estimate of drug-likeness (QED) is 0.679. The monoisotopic (exact) mass is 403 g/mol. The summed E-state index contributed by atoms with van der Waals surface area (Å²) in [6.45, 7) is 3.99. The third kappa shape index (κ3) is 4.38. The molecular weight excluding hydrogens is 378 g/mol. The molecule has 1 aromatic heterocycles. The van der Waals surface area contributed by atoms with Gasteiger partial charge in [-0.25, -0.2) is 9.48 Å². The molecule has 28 heavy (non-hydrogen) atoms. The van der Waals surface area contributed by atoms with Gasteiger partial charge in [0.2, 0.25) is 0 Å². The third-order valence-electron chi connectivity index (χ3n) is 5.21. The maximum Gasteiger partial charge on any atom is 0.343 e. The molecule has 0 unspecified atom stereocenters. The van der Waals surface area contributed by atoms with Gasteiger partial charge in [0.25, 0.3) is 5.91 Å². The molecule has 6 nitrogen and oxygen atoms in total. The van der Waals surface area contributed by atoms with Crippen LogP contribution in [0, 0.1) is 6.92 Å². The van der Waals surface area contributed by atoms with Crippen LogP contribution in [0.5, 0.6) is 0 Å². The normalized spacial score (nSPS) is 14.7. The van der Waals surface area contributed by atoms with E-state index in [2.05, 4.69) is 5.10 Å². The summed E-state index contributed by atoms with van der Waals surface area (Å²) in [4.78, 5) is 27.0. The number of likely N-dealkylation sites (N-methyl/N-ethyl adjacent to an activating group) is 1. The van der Waals surface area contributed by atoms with Gasteiger partial charge >= 0.3 is 5.97 Å². The molecule has 0 spiro atoms. The van der Waals surface area contributed by atoms with E-state index in [4.69, 9.17) is 16.3 Å². The number of para-hydroxylation sites is 1. The molecule has 0 N–H and O–H groups in total. The second kappa shape index (κ2) is 9.24. The Hall–Kier alpha value is -2.34. The number of aromatic nitrogens is 2. The van der Waals surface area contributed by atoms with Gasteiger partial charge in [-0.3, -0.25) is 4.79 Å². The number of rotatable bonds is 6. The van der Waals surface area contributed by atoms with E-state index in [0.717, 1.165) is 31.4 Å². The molecule has 0 saturated heterocycles. The van der Waals surface area contributed by atoms with Crippen molar-refractivity contribution < 1.29 is 14.3 Å². The fourth-order valence-corrected chi connectivity index (χ4v) is 4.13. The molecule has 1 amide bonds. The summed E-state index contributed by atoms with van der Waals surface area (Å²) in [5.74, 6) is -0.787. The number of carbonyl (C=O) groups excluding carboxylic acids is 2. The smallest absolute Gasteiger partial charge is 0.343 e. The van der Waals surface area contributed by atoms with E-state index in [0.29, 0.717) is 12.2 Å². The highest BCUT2D eigenvalue weighted by Gasteiger charge is 2.27. The Morgan fingerprint density at radius 2 is 1.89 bits per heavy atom. The number of halogens is 1. The number of carbonyl (C=O) groups is 2. The Morgan fingerprint density at radius 3 is 2.54 bits per heavy atom. The van der Waals surface area contributed by atoms with E-state index in [-0.39, 0.29) is 29.3 Å². The second-order valence-corrected chi connectivity index (χ2v) is 7.40. The molecule has 2 aromatic rings. The van der Waals surface area contributed by atoms with Crippen molar-refractivity contribution in [2.75, 3.05) is 13.2 Å². The number of ether oxygens (including phenoxy) is 1. The van der Waals surface area contributed by atoms with Crippen LogP contribution in [0.2, 0.25) is 5.15 Å². The lowest BCUT2D eigenvalue weighted by Gasteiger charge is -2.33. The molecule has 0 radical (unpaired) electrons. The van der Waals surface area contributed by atoms with E-state index in [1.165, 1.54) is 11.1 Å². The molecular formula is C21H26ClN3O3. The molecule has 1 aliphatic carbocycles. The predicted molar refractivity (Wildman–Crippen MR) is 108 cm³/mol. The van der Waals surface area contributed by atoms with Gasteiger partial charge in [-0.05, 0) is 38.8 Å². The zero-order chi connectivity index (χ0) is 20.1. The van der Waals surface area contributed by atoms with Crippen molar-refractivity contribution in [1.29, 1.82) is 0 Å². The molecule has 1 aliphatic rings. The van der Waals surface area contributed by atoms with E-state index in [9.17, 15) is 9.59 Å². The summed E-state index contributed by atoms with van der Waals surface area (Å²) < 4.78 is 6.80. The standard InChI is InChI=1S/C21H26ClN3O3/c1-3-24(16-10-6-4-7-11-16)18(26)14-28-21(27)19-15(2)23-25(20(19)22)17-12-8-5-9-13-17/h5,8-9,12-13,16H,3-4,6-7,10-11,14H2,1-2H3. The average Bonchev–Trinajstić information content (AvgIpc) is 3.02. The van der Waals surface area contributed by atoms with E-state index >= 15 is 0 Å². The lowest BCUT2D eigenvalue weighted by Crippen LogP contribution is -2.43. The topological polar surface area (TPSA) is 64.4 Å². The van der Waals surface area contributed by atoms with Crippen molar-refractivity contribution in [1.82, 2.24) is 14.7 Å². The van der Waals surface area contributed by atoms with Crippen LogP contribution in [0.4, 0.5) is 0 Å². The third-order valence-corrected chi connectivity index (χ3v) is 5.56. The van der Waals surface area contributed by atoms with Gasteiger partial charge < -0.3 is 9.64 Å². The molecule has 0 aliphatic heterocycles. The Balaban J connectivity index is 1.68. The number of amides is 1. The minimum atomic E-state index is -0.627. The number of esters is 1. The van der Waals surface area contributed by atoms with Crippen LogP contribution in [0.25, 0.3) is 5.69 Å². The van der Waals surface area contributed by atoms with E-state index < -0.39 is 5.97 Å². The molecule has 0 atom stereocenters. The number of nitrogens with zero attached hydrogens (tertiary/aromatic N) is 3. The summed E-state index contributed by atoms with van der Waals surface area (Å²) in [5.41, 5.74) is 1.41. The molecule has 1 saturated carbocycles. The molecule has 3 rings (SSSR count). The lowest BCUT2D eigenvalue weighted by atomic mass is 9.94. The molecule has 1 fully saturated rings. The van der Waals surface area contributed by atoms with Crippen LogP contribution in [0.15, 0.2) is 30.3 Å². The first-order valence-electron chi connectivity index (χ1n) is 9.80. The van der Waals surface area contributed by atoms with Crippen molar-refractivity contribution >= 4 is 23.5 Å². The summed E-state index contributed by atoms with van der Waals surface area (Å²) in [6.07, 6.45) is 5.54. The van der Waals surface area contributed by atoms with E-state index in [1.54, 1.807) is 6.92 Å². The summed E-state index contributed by atoms with van der Waals surface area (Å²) in [7, 11) is 0. The van der Waals surface area contributed by atoms with Gasteiger partial charge in [0.05, 0.1) is 11.4 Å². The Labute approximate surface area is 170 Å². The largest absolute Gasteiger partial charge is 0.452 e. The highest BCUT2D eigenvalue weighted by atomic mass is 35.5. The highest BCUT2D eigenvalue weighted by Crippen LogP contribution is 2.25. The van der Waals surface area contributed by atoms with Crippen molar-refractivity contribution in [2.45, 2.75) is 52.0 Å². The Bertz CT molecular complexity index is 829. The van der Waals surface area contributed by atoms with Crippen molar-refractivity contribution in [3.05, 3.63) is 46.7 Å². The maximum atomic E-state index is 12.6. The van der Waals surface area contributed by atoms with Crippen LogP contribution >= 0.6 is 11.6 Å². The zero-order valence-electron chi connectivity index (χ0n) is 16.4. The predicted octanol–water partition coefficient (Wildman–Crippen LogP) is 4.17. The SMILES string of the molecule is CCN(C(=O)COC(=O)c1c(C)nn(-c2ccccc2)c1Cl)C1CCCCC1. The second-order valence-electron chi connectivity index (χ2n) is 7.05. The van der Waals surface area contributed by atoms with Crippen LogP contribution in [0.1, 0.15) is 55.1 Å². The Kier molecular flexibility index (Phi) is 6.73. The van der Waals surface area contributed by atoms with Gasteiger partial charge in [0.15, 0.2) is 6.61 Å². The van der Waals surface area contributed by atoms with Gasteiger partial charge in [-0.15, -0.1) is 0 Å². The zero-order valence-corrected chi connectivity index (χ0v) is 17.1. The van der Waals surface area contributed by atoms with Gasteiger partial charge in [-0.1, -0.05) is 49.1 Å².